The monoisotopic (exact) mass is 562 g/mol. The lowest BCUT2D eigenvalue weighted by molar-refractivity contribution is -0.127. The Morgan fingerprint density at radius 3 is 2.33 bits per heavy atom. The first-order chi connectivity index (χ1) is 19.2. The predicted octanol–water partition coefficient (Wildman–Crippen LogP) is 4.60. The summed E-state index contributed by atoms with van der Waals surface area (Å²) in [6, 6.07) is 18.4. The van der Waals surface area contributed by atoms with Crippen molar-refractivity contribution in [2.45, 2.75) is 13.8 Å². The molecule has 4 rings (SSSR count). The van der Waals surface area contributed by atoms with E-state index in [1.54, 1.807) is 49.4 Å². The highest BCUT2D eigenvalue weighted by Crippen LogP contribution is 2.37. The summed E-state index contributed by atoms with van der Waals surface area (Å²) >= 11 is 6.45. The Kier molecular flexibility index (Phi) is 9.03. The highest BCUT2D eigenvalue weighted by molar-refractivity contribution is 6.32. The number of amides is 5. The SMILES string of the molecule is CCOc1cc(/C=C2/NC(=O)N(CC(=O)Nc3ccc(C)cc3)C2=O)cc(Cl)c1OCC(=O)Nc1ccccc1. The van der Waals surface area contributed by atoms with E-state index >= 15 is 0 Å². The van der Waals surface area contributed by atoms with E-state index in [2.05, 4.69) is 16.0 Å². The zero-order chi connectivity index (χ0) is 28.6. The number of para-hydroxylation sites is 1. The van der Waals surface area contributed by atoms with Crippen molar-refractivity contribution in [3.63, 3.8) is 0 Å². The zero-order valence-electron chi connectivity index (χ0n) is 21.8. The van der Waals surface area contributed by atoms with Crippen LogP contribution in [-0.4, -0.2) is 48.4 Å². The number of imide groups is 1. The number of nitrogens with one attached hydrogen (secondary N) is 3. The molecule has 10 nitrogen and oxygen atoms in total. The molecule has 40 heavy (non-hydrogen) atoms. The van der Waals surface area contributed by atoms with Crippen LogP contribution in [0.25, 0.3) is 6.08 Å². The summed E-state index contributed by atoms with van der Waals surface area (Å²) in [5.74, 6) is -1.17. The number of benzene rings is 3. The van der Waals surface area contributed by atoms with Gasteiger partial charge in [-0.1, -0.05) is 47.5 Å². The number of anilines is 2. The van der Waals surface area contributed by atoms with Crippen LogP contribution in [-0.2, 0) is 14.4 Å². The number of urea groups is 1. The van der Waals surface area contributed by atoms with Gasteiger partial charge in [0.25, 0.3) is 11.8 Å². The Hall–Kier alpha value is -4.83. The van der Waals surface area contributed by atoms with Crippen LogP contribution < -0.4 is 25.4 Å². The van der Waals surface area contributed by atoms with Crippen molar-refractivity contribution < 1.29 is 28.7 Å². The van der Waals surface area contributed by atoms with Gasteiger partial charge in [0.1, 0.15) is 12.2 Å². The number of nitrogens with zero attached hydrogens (tertiary/aromatic N) is 1. The van der Waals surface area contributed by atoms with Crippen molar-refractivity contribution in [3.05, 3.63) is 88.6 Å². The number of aryl methyl sites for hydroxylation is 1. The van der Waals surface area contributed by atoms with Crippen LogP contribution in [0.4, 0.5) is 16.2 Å². The lowest BCUT2D eigenvalue weighted by Gasteiger charge is -2.14. The molecule has 0 atom stereocenters. The normalized spacial score (nSPS) is 13.7. The first kappa shape index (κ1) is 28.2. The molecule has 206 valence electrons. The van der Waals surface area contributed by atoms with Crippen molar-refractivity contribution in [2.24, 2.45) is 0 Å². The molecule has 1 aliphatic heterocycles. The van der Waals surface area contributed by atoms with Crippen molar-refractivity contribution in [3.8, 4) is 11.5 Å². The largest absolute Gasteiger partial charge is 0.490 e. The second kappa shape index (κ2) is 12.8. The van der Waals surface area contributed by atoms with Crippen LogP contribution >= 0.6 is 11.6 Å². The van der Waals surface area contributed by atoms with Gasteiger partial charge in [0, 0.05) is 11.4 Å². The number of carbonyl (C=O) groups excluding carboxylic acids is 4. The Morgan fingerprint density at radius 2 is 1.62 bits per heavy atom. The maximum Gasteiger partial charge on any atom is 0.329 e. The fraction of sp³-hybridized carbons (Fsp3) is 0.172. The molecule has 1 fully saturated rings. The van der Waals surface area contributed by atoms with Crippen molar-refractivity contribution in [2.75, 3.05) is 30.4 Å². The molecule has 0 radical (unpaired) electrons. The highest BCUT2D eigenvalue weighted by Gasteiger charge is 2.35. The molecule has 0 aliphatic carbocycles. The van der Waals surface area contributed by atoms with Crippen LogP contribution in [0.3, 0.4) is 0 Å². The predicted molar refractivity (Wildman–Crippen MR) is 151 cm³/mol. The fourth-order valence-corrected chi connectivity index (χ4v) is 4.07. The Balaban J connectivity index is 1.44. The molecule has 1 saturated heterocycles. The molecule has 1 heterocycles. The fourth-order valence-electron chi connectivity index (χ4n) is 3.79. The van der Waals surface area contributed by atoms with E-state index in [1.807, 2.05) is 25.1 Å². The standard InChI is InChI=1S/C29H27ClN4O6/c1-3-39-24-15-19(13-22(30)27(24)40-17-26(36)32-20-7-5-4-6-8-20)14-23-28(37)34(29(38)33-23)16-25(35)31-21-11-9-18(2)10-12-21/h4-15H,3,16-17H2,1-2H3,(H,31,35)(H,32,36)(H,33,38)/b23-14+. The van der Waals surface area contributed by atoms with Crippen molar-refractivity contribution in [1.29, 1.82) is 0 Å². The van der Waals surface area contributed by atoms with Crippen LogP contribution in [0.2, 0.25) is 5.02 Å². The van der Waals surface area contributed by atoms with Crippen LogP contribution in [0.5, 0.6) is 11.5 Å². The number of halogens is 1. The first-order valence-electron chi connectivity index (χ1n) is 12.4. The van der Waals surface area contributed by atoms with Crippen molar-refractivity contribution in [1.82, 2.24) is 10.2 Å². The molecule has 0 saturated carbocycles. The van der Waals surface area contributed by atoms with E-state index < -0.39 is 24.4 Å². The lowest BCUT2D eigenvalue weighted by Crippen LogP contribution is -2.38. The minimum atomic E-state index is -0.726. The Morgan fingerprint density at radius 1 is 0.950 bits per heavy atom. The van der Waals surface area contributed by atoms with E-state index in [0.717, 1.165) is 10.5 Å². The third kappa shape index (κ3) is 7.17. The highest BCUT2D eigenvalue weighted by atomic mass is 35.5. The average Bonchev–Trinajstić information content (AvgIpc) is 3.17. The molecule has 0 bridgehead atoms. The summed E-state index contributed by atoms with van der Waals surface area (Å²) in [5.41, 5.74) is 2.60. The summed E-state index contributed by atoms with van der Waals surface area (Å²) in [6.45, 7) is 3.19. The minimum Gasteiger partial charge on any atom is -0.490 e. The number of ether oxygens (including phenoxy) is 2. The molecule has 0 unspecified atom stereocenters. The van der Waals surface area contributed by atoms with Crippen LogP contribution in [0, 0.1) is 6.92 Å². The van der Waals surface area contributed by atoms with E-state index in [9.17, 15) is 19.2 Å². The number of rotatable bonds is 10. The topological polar surface area (TPSA) is 126 Å². The maximum absolute atomic E-state index is 12.9. The average molecular weight is 563 g/mol. The van der Waals surface area contributed by atoms with Gasteiger partial charge >= 0.3 is 6.03 Å². The smallest absolute Gasteiger partial charge is 0.329 e. The maximum atomic E-state index is 12.9. The quantitative estimate of drug-likeness (QED) is 0.245. The van der Waals surface area contributed by atoms with Crippen LogP contribution in [0.1, 0.15) is 18.1 Å². The molecule has 3 aromatic rings. The summed E-state index contributed by atoms with van der Waals surface area (Å²) in [7, 11) is 0. The van der Waals surface area contributed by atoms with E-state index in [4.69, 9.17) is 21.1 Å². The van der Waals surface area contributed by atoms with Crippen LogP contribution in [0.15, 0.2) is 72.4 Å². The van der Waals surface area contributed by atoms with Gasteiger partial charge in [-0.25, -0.2) is 9.69 Å². The molecule has 3 N–H and O–H groups in total. The molecule has 5 amide bonds. The van der Waals surface area contributed by atoms with E-state index in [1.165, 1.54) is 12.1 Å². The molecule has 0 aromatic heterocycles. The van der Waals surface area contributed by atoms with Gasteiger partial charge in [0.05, 0.1) is 11.6 Å². The van der Waals surface area contributed by atoms with E-state index in [-0.39, 0.29) is 41.3 Å². The summed E-state index contributed by atoms with van der Waals surface area (Å²) < 4.78 is 11.3. The van der Waals surface area contributed by atoms with Gasteiger partial charge in [-0.05, 0) is 61.9 Å². The Bertz CT molecular complexity index is 1460. The molecule has 3 aromatic carbocycles. The van der Waals surface area contributed by atoms with E-state index in [0.29, 0.717) is 16.9 Å². The molecule has 1 aliphatic rings. The Labute approximate surface area is 235 Å². The van der Waals surface area contributed by atoms with Gasteiger partial charge in [0.2, 0.25) is 5.91 Å². The van der Waals surface area contributed by atoms with Gasteiger partial charge in [-0.3, -0.25) is 14.4 Å². The number of hydrogen-bond donors (Lipinski definition) is 3. The first-order valence-corrected chi connectivity index (χ1v) is 12.8. The summed E-state index contributed by atoms with van der Waals surface area (Å²) in [4.78, 5) is 50.9. The second-order valence-corrected chi connectivity index (χ2v) is 9.17. The molecular formula is C29H27ClN4O6. The summed E-state index contributed by atoms with van der Waals surface area (Å²) in [5, 5.41) is 7.99. The minimum absolute atomic E-state index is 0.0393. The van der Waals surface area contributed by atoms with Crippen molar-refractivity contribution >= 4 is 52.8 Å². The lowest BCUT2D eigenvalue weighted by atomic mass is 10.1. The summed E-state index contributed by atoms with van der Waals surface area (Å²) in [6.07, 6.45) is 1.42. The number of hydrogen-bond acceptors (Lipinski definition) is 6. The van der Waals surface area contributed by atoms with Gasteiger partial charge in [0.15, 0.2) is 18.1 Å². The third-order valence-electron chi connectivity index (χ3n) is 5.65. The zero-order valence-corrected chi connectivity index (χ0v) is 22.6. The number of carbonyl (C=O) groups is 4. The molecule has 11 heteroatoms. The van der Waals surface area contributed by atoms with Gasteiger partial charge in [-0.2, -0.15) is 0 Å². The molecule has 0 spiro atoms. The third-order valence-corrected chi connectivity index (χ3v) is 5.93. The van der Waals surface area contributed by atoms with Gasteiger partial charge in [-0.15, -0.1) is 0 Å². The van der Waals surface area contributed by atoms with Gasteiger partial charge < -0.3 is 25.4 Å². The molecular weight excluding hydrogens is 536 g/mol. The second-order valence-electron chi connectivity index (χ2n) is 8.76.